The Balaban J connectivity index is 1.83. The summed E-state index contributed by atoms with van der Waals surface area (Å²) in [6.07, 6.45) is 0. The van der Waals surface area contributed by atoms with Gasteiger partial charge in [0.15, 0.2) is 17.4 Å². The van der Waals surface area contributed by atoms with E-state index < -0.39 is 11.6 Å². The fourth-order valence-electron chi connectivity index (χ4n) is 2.11. The Morgan fingerprint density at radius 3 is 2.67 bits per heavy atom. The minimum atomic E-state index is -0.779. The third-order valence-corrected chi connectivity index (χ3v) is 5.68. The topological polar surface area (TPSA) is 35.0 Å². The lowest BCUT2D eigenvalue weighted by Crippen LogP contribution is -1.95. The fourth-order valence-corrected chi connectivity index (χ4v) is 4.19. The van der Waals surface area contributed by atoms with Crippen molar-refractivity contribution in [2.75, 3.05) is 0 Å². The van der Waals surface area contributed by atoms with Gasteiger partial charge in [-0.15, -0.1) is 22.7 Å². The van der Waals surface area contributed by atoms with Crippen LogP contribution in [0.15, 0.2) is 45.6 Å². The highest BCUT2D eigenvalue weighted by Crippen LogP contribution is 2.36. The van der Waals surface area contributed by atoms with Crippen molar-refractivity contribution in [1.29, 1.82) is 0 Å². The predicted molar refractivity (Wildman–Crippen MR) is 94.9 cm³/mol. The van der Waals surface area contributed by atoms with Crippen LogP contribution >= 0.6 is 38.6 Å². The first-order valence-corrected chi connectivity index (χ1v) is 9.23. The van der Waals surface area contributed by atoms with Gasteiger partial charge < -0.3 is 4.74 Å². The Hall–Kier alpha value is -1.90. The quantitative estimate of drug-likeness (QED) is 0.389. The summed E-state index contributed by atoms with van der Waals surface area (Å²) in [7, 11) is 0. The molecule has 0 aliphatic rings. The first-order chi connectivity index (χ1) is 11.6. The van der Waals surface area contributed by atoms with Crippen LogP contribution in [-0.2, 0) is 0 Å². The lowest BCUT2D eigenvalue weighted by Gasteiger charge is -2.08. The molecule has 1 aromatic carbocycles. The molecule has 3 aromatic heterocycles. The number of thiophene rings is 2. The number of fused-ring (bicyclic) bond motifs is 1. The molecule has 0 aliphatic heterocycles. The van der Waals surface area contributed by atoms with Crippen LogP contribution < -0.4 is 4.74 Å². The molecular formula is C16H7BrF2N2OS2. The molecule has 0 fully saturated rings. The van der Waals surface area contributed by atoms with Crippen LogP contribution in [0, 0.1) is 11.6 Å². The van der Waals surface area contributed by atoms with Crippen LogP contribution in [0.1, 0.15) is 0 Å². The second-order valence-electron chi connectivity index (χ2n) is 4.77. The molecule has 0 saturated carbocycles. The van der Waals surface area contributed by atoms with Crippen molar-refractivity contribution in [3.8, 4) is 22.3 Å². The molecule has 0 atom stereocenters. The third kappa shape index (κ3) is 2.92. The number of nitrogens with zero attached hydrogens (tertiary/aromatic N) is 2. The van der Waals surface area contributed by atoms with Gasteiger partial charge in [-0.3, -0.25) is 0 Å². The van der Waals surface area contributed by atoms with Crippen LogP contribution in [0.3, 0.4) is 0 Å². The van der Waals surface area contributed by atoms with Crippen molar-refractivity contribution < 1.29 is 13.5 Å². The molecule has 120 valence electrons. The number of hydrogen-bond donors (Lipinski definition) is 0. The predicted octanol–water partition coefficient (Wildman–Crippen LogP) is 6.25. The molecule has 4 rings (SSSR count). The van der Waals surface area contributed by atoms with E-state index in [1.807, 2.05) is 23.6 Å². The second kappa shape index (κ2) is 6.19. The zero-order valence-electron chi connectivity index (χ0n) is 11.8. The molecular weight excluding hydrogens is 418 g/mol. The highest BCUT2D eigenvalue weighted by Gasteiger charge is 2.15. The number of benzene rings is 1. The van der Waals surface area contributed by atoms with E-state index >= 15 is 0 Å². The molecule has 3 nitrogen and oxygen atoms in total. The summed E-state index contributed by atoms with van der Waals surface area (Å²) in [5, 5.41) is 1.86. The normalized spacial score (nSPS) is 11.1. The van der Waals surface area contributed by atoms with Crippen LogP contribution in [-0.4, -0.2) is 9.97 Å². The Kier molecular flexibility index (Phi) is 4.03. The van der Waals surface area contributed by atoms with Gasteiger partial charge in [0.1, 0.15) is 10.5 Å². The van der Waals surface area contributed by atoms with E-state index in [0.29, 0.717) is 16.0 Å². The fraction of sp³-hybridized carbons (Fsp3) is 0. The highest BCUT2D eigenvalue weighted by atomic mass is 79.9. The maximum atomic E-state index is 13.9. The molecule has 0 amide bonds. The van der Waals surface area contributed by atoms with E-state index in [1.54, 1.807) is 0 Å². The van der Waals surface area contributed by atoms with E-state index in [2.05, 4.69) is 25.9 Å². The van der Waals surface area contributed by atoms with Gasteiger partial charge in [-0.25, -0.2) is 13.8 Å². The van der Waals surface area contributed by atoms with Crippen LogP contribution in [0.5, 0.6) is 11.6 Å². The lowest BCUT2D eigenvalue weighted by molar-refractivity contribution is 0.429. The van der Waals surface area contributed by atoms with Gasteiger partial charge in [0.2, 0.25) is 5.88 Å². The van der Waals surface area contributed by atoms with Crippen molar-refractivity contribution in [2.45, 2.75) is 0 Å². The standard InChI is InChI=1S/C16H7BrF2N2OS2/c17-13-4-3-12(24-13)15-20-10-5-6-23-14(10)16(21-15)22-11-2-1-8(18)7-9(11)19/h1-7H. The minimum absolute atomic E-state index is 0.0805. The van der Waals surface area contributed by atoms with Crippen LogP contribution in [0.4, 0.5) is 8.78 Å². The lowest BCUT2D eigenvalue weighted by atomic mass is 10.3. The average Bonchev–Trinajstić information content (AvgIpc) is 3.18. The van der Waals surface area contributed by atoms with E-state index in [-0.39, 0.29) is 11.6 Å². The molecule has 0 saturated heterocycles. The third-order valence-electron chi connectivity index (χ3n) is 3.17. The van der Waals surface area contributed by atoms with Gasteiger partial charge in [0.25, 0.3) is 0 Å². The van der Waals surface area contributed by atoms with Crippen molar-refractivity contribution in [2.24, 2.45) is 0 Å². The Labute approximate surface area is 151 Å². The van der Waals surface area contributed by atoms with Gasteiger partial charge in [0.05, 0.1) is 14.2 Å². The highest BCUT2D eigenvalue weighted by molar-refractivity contribution is 9.11. The summed E-state index contributed by atoms with van der Waals surface area (Å²) in [4.78, 5) is 9.80. The van der Waals surface area contributed by atoms with E-state index in [4.69, 9.17) is 4.74 Å². The number of ether oxygens (including phenoxy) is 1. The number of hydrogen-bond acceptors (Lipinski definition) is 5. The Bertz CT molecular complexity index is 1050. The molecule has 24 heavy (non-hydrogen) atoms. The van der Waals surface area contributed by atoms with Gasteiger partial charge in [-0.05, 0) is 51.6 Å². The number of rotatable bonds is 3. The number of halogens is 3. The zero-order chi connectivity index (χ0) is 16.7. The van der Waals surface area contributed by atoms with E-state index in [1.165, 1.54) is 28.7 Å². The van der Waals surface area contributed by atoms with Gasteiger partial charge in [-0.1, -0.05) is 0 Å². The summed E-state index contributed by atoms with van der Waals surface area (Å²) in [5.41, 5.74) is 0.715. The van der Waals surface area contributed by atoms with Crippen LogP contribution in [0.2, 0.25) is 0 Å². The molecule has 3 heterocycles. The smallest absolute Gasteiger partial charge is 0.241 e. The molecule has 8 heteroatoms. The zero-order valence-corrected chi connectivity index (χ0v) is 15.0. The van der Waals surface area contributed by atoms with Gasteiger partial charge in [0, 0.05) is 6.07 Å². The SMILES string of the molecule is Fc1ccc(Oc2nc(-c3ccc(Br)s3)nc3ccsc23)c(F)c1. The molecule has 0 aliphatic carbocycles. The van der Waals surface area contributed by atoms with Crippen molar-refractivity contribution in [3.63, 3.8) is 0 Å². The van der Waals surface area contributed by atoms with E-state index in [9.17, 15) is 8.78 Å². The molecule has 0 N–H and O–H groups in total. The minimum Gasteiger partial charge on any atom is -0.434 e. The van der Waals surface area contributed by atoms with E-state index in [0.717, 1.165) is 20.8 Å². The van der Waals surface area contributed by atoms with Crippen molar-refractivity contribution in [3.05, 3.63) is 57.2 Å². The molecule has 0 unspecified atom stereocenters. The summed E-state index contributed by atoms with van der Waals surface area (Å²) in [6.45, 7) is 0. The van der Waals surface area contributed by atoms with Crippen molar-refractivity contribution >= 4 is 48.8 Å². The summed E-state index contributed by atoms with van der Waals surface area (Å²) >= 11 is 6.30. The van der Waals surface area contributed by atoms with Gasteiger partial charge in [-0.2, -0.15) is 4.98 Å². The Morgan fingerprint density at radius 2 is 1.92 bits per heavy atom. The molecule has 0 bridgehead atoms. The first-order valence-electron chi connectivity index (χ1n) is 6.74. The number of aromatic nitrogens is 2. The van der Waals surface area contributed by atoms with Gasteiger partial charge >= 0.3 is 0 Å². The molecule has 0 spiro atoms. The monoisotopic (exact) mass is 424 g/mol. The largest absolute Gasteiger partial charge is 0.434 e. The first kappa shape index (κ1) is 15.6. The van der Waals surface area contributed by atoms with Crippen LogP contribution in [0.25, 0.3) is 20.9 Å². The summed E-state index contributed by atoms with van der Waals surface area (Å²) < 4.78 is 34.2. The average molecular weight is 425 g/mol. The second-order valence-corrected chi connectivity index (χ2v) is 8.15. The summed E-state index contributed by atoms with van der Waals surface area (Å²) in [5.74, 6) is -0.774. The maximum Gasteiger partial charge on any atom is 0.241 e. The van der Waals surface area contributed by atoms with Crippen molar-refractivity contribution in [1.82, 2.24) is 9.97 Å². The molecule has 0 radical (unpaired) electrons. The molecule has 4 aromatic rings. The Morgan fingerprint density at radius 1 is 1.04 bits per heavy atom. The summed E-state index contributed by atoms with van der Waals surface area (Å²) in [6, 6.07) is 8.81. The maximum absolute atomic E-state index is 13.9.